The fourth-order valence-corrected chi connectivity index (χ4v) is 1.80. The number of nitrogens with zero attached hydrogens (tertiary/aromatic N) is 1. The van der Waals surface area contributed by atoms with Gasteiger partial charge < -0.3 is 5.11 Å². The Bertz CT molecular complexity index is 468. The molecule has 0 radical (unpaired) electrons. The molecular formula is C10H8BrNO. The van der Waals surface area contributed by atoms with Gasteiger partial charge in [0.2, 0.25) is 0 Å². The lowest BCUT2D eigenvalue weighted by atomic mass is 10.1. The van der Waals surface area contributed by atoms with Crippen molar-refractivity contribution in [3.63, 3.8) is 0 Å². The van der Waals surface area contributed by atoms with E-state index in [2.05, 4.69) is 20.9 Å². The van der Waals surface area contributed by atoms with Crippen LogP contribution in [-0.4, -0.2) is 10.1 Å². The molecule has 0 aliphatic heterocycles. The molecule has 0 atom stereocenters. The van der Waals surface area contributed by atoms with Gasteiger partial charge >= 0.3 is 0 Å². The Balaban J connectivity index is 2.94. The SMILES string of the molecule is Cc1cc(O)cc2c(Br)ccnc12. The van der Waals surface area contributed by atoms with Gasteiger partial charge in [0.05, 0.1) is 5.52 Å². The van der Waals surface area contributed by atoms with Gasteiger partial charge in [0.25, 0.3) is 0 Å². The molecule has 1 aromatic heterocycles. The van der Waals surface area contributed by atoms with Crippen LogP contribution in [0, 0.1) is 6.92 Å². The van der Waals surface area contributed by atoms with Crippen LogP contribution in [-0.2, 0) is 0 Å². The van der Waals surface area contributed by atoms with Gasteiger partial charge in [-0.2, -0.15) is 0 Å². The van der Waals surface area contributed by atoms with E-state index in [4.69, 9.17) is 0 Å². The molecule has 1 heterocycles. The minimum Gasteiger partial charge on any atom is -0.508 e. The summed E-state index contributed by atoms with van der Waals surface area (Å²) in [6.45, 7) is 1.93. The Hall–Kier alpha value is -1.09. The summed E-state index contributed by atoms with van der Waals surface area (Å²) in [6, 6.07) is 5.28. The maximum absolute atomic E-state index is 9.39. The summed E-state index contributed by atoms with van der Waals surface area (Å²) in [6.07, 6.45) is 1.75. The first kappa shape index (κ1) is 8.51. The van der Waals surface area contributed by atoms with Crippen molar-refractivity contribution in [1.82, 2.24) is 4.98 Å². The molecule has 2 rings (SSSR count). The van der Waals surface area contributed by atoms with Crippen LogP contribution in [0.4, 0.5) is 0 Å². The smallest absolute Gasteiger partial charge is 0.116 e. The van der Waals surface area contributed by atoms with Crippen LogP contribution in [0.5, 0.6) is 5.75 Å². The number of phenols is 1. The maximum atomic E-state index is 9.39. The van der Waals surface area contributed by atoms with Crippen molar-refractivity contribution in [3.05, 3.63) is 34.4 Å². The van der Waals surface area contributed by atoms with Gasteiger partial charge in [-0.05, 0) is 30.7 Å². The summed E-state index contributed by atoms with van der Waals surface area (Å²) in [5, 5.41) is 10.3. The van der Waals surface area contributed by atoms with E-state index < -0.39 is 0 Å². The monoisotopic (exact) mass is 237 g/mol. The van der Waals surface area contributed by atoms with Crippen molar-refractivity contribution in [2.24, 2.45) is 0 Å². The lowest BCUT2D eigenvalue weighted by molar-refractivity contribution is 0.475. The normalized spacial score (nSPS) is 10.6. The molecule has 0 amide bonds. The Morgan fingerprint density at radius 3 is 2.92 bits per heavy atom. The van der Waals surface area contributed by atoms with Gasteiger partial charge in [0.15, 0.2) is 0 Å². The Kier molecular flexibility index (Phi) is 1.96. The van der Waals surface area contributed by atoms with Gasteiger partial charge in [-0.1, -0.05) is 15.9 Å². The number of hydrogen-bond donors (Lipinski definition) is 1. The third-order valence-electron chi connectivity index (χ3n) is 1.97. The lowest BCUT2D eigenvalue weighted by Crippen LogP contribution is -1.83. The third-order valence-corrected chi connectivity index (χ3v) is 2.66. The van der Waals surface area contributed by atoms with Crippen molar-refractivity contribution in [3.8, 4) is 5.75 Å². The molecular weight excluding hydrogens is 230 g/mol. The summed E-state index contributed by atoms with van der Waals surface area (Å²) in [4.78, 5) is 4.24. The Morgan fingerprint density at radius 1 is 1.38 bits per heavy atom. The van der Waals surface area contributed by atoms with E-state index in [1.807, 2.05) is 13.0 Å². The average molecular weight is 238 g/mol. The molecule has 66 valence electrons. The van der Waals surface area contributed by atoms with E-state index in [0.717, 1.165) is 20.9 Å². The minimum atomic E-state index is 0.277. The first-order valence-electron chi connectivity index (χ1n) is 3.92. The van der Waals surface area contributed by atoms with Crippen LogP contribution in [0.15, 0.2) is 28.9 Å². The predicted octanol–water partition coefficient (Wildman–Crippen LogP) is 3.01. The third kappa shape index (κ3) is 1.40. The molecule has 0 saturated carbocycles. The van der Waals surface area contributed by atoms with Crippen LogP contribution in [0.25, 0.3) is 10.9 Å². The Morgan fingerprint density at radius 2 is 2.15 bits per heavy atom. The van der Waals surface area contributed by atoms with Gasteiger partial charge in [0, 0.05) is 16.1 Å². The number of rotatable bonds is 0. The van der Waals surface area contributed by atoms with Gasteiger partial charge in [0.1, 0.15) is 5.75 Å². The molecule has 0 spiro atoms. The number of aromatic hydroxyl groups is 1. The second-order valence-electron chi connectivity index (χ2n) is 2.95. The first-order valence-corrected chi connectivity index (χ1v) is 4.71. The van der Waals surface area contributed by atoms with Crippen molar-refractivity contribution in [2.75, 3.05) is 0 Å². The van der Waals surface area contributed by atoms with E-state index in [9.17, 15) is 5.11 Å². The van der Waals surface area contributed by atoms with Crippen molar-refractivity contribution in [2.45, 2.75) is 6.92 Å². The zero-order valence-corrected chi connectivity index (χ0v) is 8.67. The summed E-state index contributed by atoms with van der Waals surface area (Å²) in [5.41, 5.74) is 1.91. The largest absolute Gasteiger partial charge is 0.508 e. The fourth-order valence-electron chi connectivity index (χ4n) is 1.38. The highest BCUT2D eigenvalue weighted by atomic mass is 79.9. The van der Waals surface area contributed by atoms with Crippen molar-refractivity contribution >= 4 is 26.8 Å². The van der Waals surface area contributed by atoms with E-state index in [1.54, 1.807) is 18.3 Å². The van der Waals surface area contributed by atoms with Crippen LogP contribution in [0.1, 0.15) is 5.56 Å². The van der Waals surface area contributed by atoms with Crippen LogP contribution < -0.4 is 0 Å². The van der Waals surface area contributed by atoms with Crippen LogP contribution >= 0.6 is 15.9 Å². The van der Waals surface area contributed by atoms with E-state index >= 15 is 0 Å². The molecule has 0 aliphatic rings. The standard InChI is InChI=1S/C10H8BrNO/c1-6-4-7(13)5-8-9(11)2-3-12-10(6)8/h2-5,13H,1H3. The fraction of sp³-hybridized carbons (Fsp3) is 0.100. The average Bonchev–Trinajstić information content (AvgIpc) is 2.07. The van der Waals surface area contributed by atoms with Gasteiger partial charge in [-0.15, -0.1) is 0 Å². The second-order valence-corrected chi connectivity index (χ2v) is 3.81. The number of pyridine rings is 1. The van der Waals surface area contributed by atoms with Gasteiger partial charge in [-0.25, -0.2) is 0 Å². The van der Waals surface area contributed by atoms with Gasteiger partial charge in [-0.3, -0.25) is 4.98 Å². The molecule has 1 N–H and O–H groups in total. The quantitative estimate of drug-likeness (QED) is 0.765. The van der Waals surface area contributed by atoms with E-state index in [1.165, 1.54) is 0 Å². The lowest BCUT2D eigenvalue weighted by Gasteiger charge is -2.03. The second kappa shape index (κ2) is 3.00. The van der Waals surface area contributed by atoms with Crippen LogP contribution in [0.3, 0.4) is 0 Å². The van der Waals surface area contributed by atoms with Crippen molar-refractivity contribution < 1.29 is 5.11 Å². The number of hydrogen-bond acceptors (Lipinski definition) is 2. The van der Waals surface area contributed by atoms with E-state index in [-0.39, 0.29) is 5.75 Å². The zero-order valence-electron chi connectivity index (χ0n) is 7.08. The first-order chi connectivity index (χ1) is 6.18. The molecule has 0 saturated heterocycles. The molecule has 0 fully saturated rings. The topological polar surface area (TPSA) is 33.1 Å². The predicted molar refractivity (Wildman–Crippen MR) is 55.8 cm³/mol. The highest BCUT2D eigenvalue weighted by molar-refractivity contribution is 9.10. The summed E-state index contributed by atoms with van der Waals surface area (Å²) in [5.74, 6) is 0.277. The molecule has 0 bridgehead atoms. The molecule has 0 aliphatic carbocycles. The highest BCUT2D eigenvalue weighted by Gasteiger charge is 2.03. The van der Waals surface area contributed by atoms with Crippen LogP contribution in [0.2, 0.25) is 0 Å². The minimum absolute atomic E-state index is 0.277. The summed E-state index contributed by atoms with van der Waals surface area (Å²) < 4.78 is 0.955. The Labute approximate surface area is 84.4 Å². The number of halogens is 1. The zero-order chi connectivity index (χ0) is 9.42. The number of fused-ring (bicyclic) bond motifs is 1. The van der Waals surface area contributed by atoms with E-state index in [0.29, 0.717) is 0 Å². The number of aryl methyl sites for hydroxylation is 1. The molecule has 0 unspecified atom stereocenters. The summed E-state index contributed by atoms with van der Waals surface area (Å²) in [7, 11) is 0. The molecule has 2 nitrogen and oxygen atoms in total. The van der Waals surface area contributed by atoms with Crippen molar-refractivity contribution in [1.29, 1.82) is 0 Å². The number of phenolic OH excluding ortho intramolecular Hbond substituents is 1. The summed E-state index contributed by atoms with van der Waals surface area (Å²) >= 11 is 3.41. The molecule has 13 heavy (non-hydrogen) atoms. The molecule has 1 aromatic carbocycles. The number of aromatic nitrogens is 1. The molecule has 2 aromatic rings. The maximum Gasteiger partial charge on any atom is 0.116 e. The molecule has 3 heteroatoms. The highest BCUT2D eigenvalue weighted by Crippen LogP contribution is 2.27. The number of benzene rings is 1.